The fourth-order valence-corrected chi connectivity index (χ4v) is 2.50. The fourth-order valence-electron chi connectivity index (χ4n) is 2.09. The first-order valence-electron chi connectivity index (χ1n) is 6.40. The number of hydrogen-bond donors (Lipinski definition) is 2. The summed E-state index contributed by atoms with van der Waals surface area (Å²) < 4.78 is 0.647. The third-order valence-corrected chi connectivity index (χ3v) is 3.96. The van der Waals surface area contributed by atoms with Gasteiger partial charge in [-0.1, -0.05) is 24.3 Å². The van der Waals surface area contributed by atoms with Crippen LogP contribution in [-0.2, 0) is 13.1 Å². The maximum atomic E-state index is 10.9. The molecule has 2 rings (SSSR count). The zero-order valence-electron chi connectivity index (χ0n) is 11.5. The van der Waals surface area contributed by atoms with Crippen molar-refractivity contribution >= 4 is 21.6 Å². The Morgan fingerprint density at radius 3 is 2.52 bits per heavy atom. The van der Waals surface area contributed by atoms with Crippen LogP contribution in [-0.4, -0.2) is 10.0 Å². The molecular formula is C15H15BrN2O3. The van der Waals surface area contributed by atoms with Crippen LogP contribution in [0.5, 0.6) is 5.75 Å². The molecule has 21 heavy (non-hydrogen) atoms. The van der Waals surface area contributed by atoms with Crippen LogP contribution < -0.4 is 5.32 Å². The van der Waals surface area contributed by atoms with Gasteiger partial charge in [0.2, 0.25) is 0 Å². The number of para-hydroxylation sites is 1. The monoisotopic (exact) mass is 350 g/mol. The summed E-state index contributed by atoms with van der Waals surface area (Å²) in [6.45, 7) is 2.72. The van der Waals surface area contributed by atoms with E-state index in [4.69, 9.17) is 0 Å². The second-order valence-corrected chi connectivity index (χ2v) is 5.52. The summed E-state index contributed by atoms with van der Waals surface area (Å²) in [6, 6.07) is 10.5. The average molecular weight is 351 g/mol. The van der Waals surface area contributed by atoms with E-state index in [1.807, 2.05) is 18.2 Å². The van der Waals surface area contributed by atoms with Gasteiger partial charge in [-0.25, -0.2) is 0 Å². The minimum absolute atomic E-state index is 0.125. The van der Waals surface area contributed by atoms with Gasteiger partial charge in [0.25, 0.3) is 5.69 Å². The first-order chi connectivity index (χ1) is 10.0. The number of nitro groups is 1. The van der Waals surface area contributed by atoms with E-state index in [1.165, 1.54) is 6.07 Å². The molecule has 2 aromatic rings. The Morgan fingerprint density at radius 2 is 1.81 bits per heavy atom. The lowest BCUT2D eigenvalue weighted by atomic mass is 10.1. The van der Waals surface area contributed by atoms with E-state index >= 15 is 0 Å². The van der Waals surface area contributed by atoms with E-state index in [9.17, 15) is 15.2 Å². The van der Waals surface area contributed by atoms with E-state index in [0.717, 1.165) is 11.1 Å². The lowest BCUT2D eigenvalue weighted by Crippen LogP contribution is -2.14. The van der Waals surface area contributed by atoms with E-state index in [1.54, 1.807) is 19.1 Å². The number of aromatic hydroxyl groups is 1. The lowest BCUT2D eigenvalue weighted by Gasteiger charge is -2.10. The van der Waals surface area contributed by atoms with Crippen LogP contribution in [0, 0.1) is 17.0 Å². The van der Waals surface area contributed by atoms with E-state index in [0.29, 0.717) is 23.1 Å². The van der Waals surface area contributed by atoms with Gasteiger partial charge in [-0.3, -0.25) is 10.1 Å². The highest BCUT2D eigenvalue weighted by atomic mass is 79.9. The summed E-state index contributed by atoms with van der Waals surface area (Å²) in [4.78, 5) is 10.5. The highest BCUT2D eigenvalue weighted by Gasteiger charge is 2.13. The number of nitrogens with zero attached hydrogens (tertiary/aromatic N) is 1. The zero-order valence-corrected chi connectivity index (χ0v) is 13.1. The van der Waals surface area contributed by atoms with Crippen LogP contribution in [0.25, 0.3) is 0 Å². The molecule has 0 aliphatic heterocycles. The standard InChI is InChI=1S/C15H15BrN2O3/c1-10-11(4-3-7-14(10)18(20)21)8-17-9-12-5-2-6-13(16)15(12)19/h2-7,17,19H,8-9H2,1H3. The number of nitrogens with one attached hydrogen (secondary N) is 1. The summed E-state index contributed by atoms with van der Waals surface area (Å²) in [5.74, 6) is 0.209. The molecule has 0 bridgehead atoms. The summed E-state index contributed by atoms with van der Waals surface area (Å²) in [5, 5.41) is 24.0. The maximum Gasteiger partial charge on any atom is 0.272 e. The second kappa shape index (κ2) is 6.69. The lowest BCUT2D eigenvalue weighted by molar-refractivity contribution is -0.385. The topological polar surface area (TPSA) is 75.4 Å². The van der Waals surface area contributed by atoms with Gasteiger partial charge in [-0.15, -0.1) is 0 Å². The third kappa shape index (κ3) is 3.59. The van der Waals surface area contributed by atoms with Crippen LogP contribution in [0.15, 0.2) is 40.9 Å². The van der Waals surface area contributed by atoms with Crippen molar-refractivity contribution in [1.82, 2.24) is 5.32 Å². The number of halogens is 1. The Morgan fingerprint density at radius 1 is 1.19 bits per heavy atom. The van der Waals surface area contributed by atoms with Gasteiger partial charge >= 0.3 is 0 Å². The molecule has 0 fully saturated rings. The molecule has 0 unspecified atom stereocenters. The fraction of sp³-hybridized carbons (Fsp3) is 0.200. The first-order valence-corrected chi connectivity index (χ1v) is 7.20. The minimum atomic E-state index is -0.376. The molecule has 110 valence electrons. The molecule has 0 radical (unpaired) electrons. The number of benzene rings is 2. The predicted octanol–water partition coefficient (Wildman–Crippen LogP) is 3.66. The quantitative estimate of drug-likeness (QED) is 0.637. The third-order valence-electron chi connectivity index (χ3n) is 3.32. The van der Waals surface area contributed by atoms with Crippen LogP contribution >= 0.6 is 15.9 Å². The molecule has 6 heteroatoms. The molecule has 0 saturated carbocycles. The smallest absolute Gasteiger partial charge is 0.272 e. The molecular weight excluding hydrogens is 336 g/mol. The summed E-state index contributed by atoms with van der Waals surface area (Å²) in [7, 11) is 0. The first kappa shape index (κ1) is 15.5. The van der Waals surface area contributed by atoms with Crippen molar-refractivity contribution in [2.75, 3.05) is 0 Å². The van der Waals surface area contributed by atoms with Crippen LogP contribution in [0.4, 0.5) is 5.69 Å². The Labute approximate surface area is 130 Å². The Bertz CT molecular complexity index is 674. The van der Waals surface area contributed by atoms with E-state index in [-0.39, 0.29) is 16.4 Å². The highest BCUT2D eigenvalue weighted by Crippen LogP contribution is 2.27. The van der Waals surface area contributed by atoms with Crippen molar-refractivity contribution < 1.29 is 10.0 Å². The summed E-state index contributed by atoms with van der Waals surface area (Å²) in [5.41, 5.74) is 2.43. The molecule has 0 amide bonds. The van der Waals surface area contributed by atoms with Gasteiger partial charge in [0, 0.05) is 30.3 Å². The normalized spacial score (nSPS) is 10.6. The number of rotatable bonds is 5. The molecule has 2 aromatic carbocycles. The minimum Gasteiger partial charge on any atom is -0.506 e. The van der Waals surface area contributed by atoms with Crippen molar-refractivity contribution in [2.45, 2.75) is 20.0 Å². The molecule has 0 heterocycles. The highest BCUT2D eigenvalue weighted by molar-refractivity contribution is 9.10. The van der Waals surface area contributed by atoms with E-state index < -0.39 is 0 Å². The maximum absolute atomic E-state index is 10.9. The average Bonchev–Trinajstić information content (AvgIpc) is 2.45. The van der Waals surface area contributed by atoms with Gasteiger partial charge in [-0.05, 0) is 34.5 Å². The largest absolute Gasteiger partial charge is 0.506 e. The number of hydrogen-bond acceptors (Lipinski definition) is 4. The Kier molecular flexibility index (Phi) is 4.93. The Balaban J connectivity index is 2.06. The van der Waals surface area contributed by atoms with Gasteiger partial charge < -0.3 is 10.4 Å². The van der Waals surface area contributed by atoms with Crippen molar-refractivity contribution in [2.24, 2.45) is 0 Å². The molecule has 0 aliphatic rings. The molecule has 0 atom stereocenters. The van der Waals surface area contributed by atoms with Crippen LogP contribution in [0.3, 0.4) is 0 Å². The second-order valence-electron chi connectivity index (χ2n) is 4.67. The molecule has 5 nitrogen and oxygen atoms in total. The summed E-state index contributed by atoms with van der Waals surface area (Å²) in [6.07, 6.45) is 0. The number of phenols is 1. The van der Waals surface area contributed by atoms with Gasteiger partial charge in [0.15, 0.2) is 0 Å². The summed E-state index contributed by atoms with van der Waals surface area (Å²) >= 11 is 3.27. The van der Waals surface area contributed by atoms with Crippen molar-refractivity contribution in [3.8, 4) is 5.75 Å². The Hall–Kier alpha value is -1.92. The molecule has 0 aromatic heterocycles. The SMILES string of the molecule is Cc1c(CNCc2cccc(Br)c2O)cccc1[N+](=O)[O-]. The van der Waals surface area contributed by atoms with Crippen molar-refractivity contribution in [3.05, 3.63) is 67.7 Å². The van der Waals surface area contributed by atoms with Crippen molar-refractivity contribution in [3.63, 3.8) is 0 Å². The molecule has 0 saturated heterocycles. The predicted molar refractivity (Wildman–Crippen MR) is 84.2 cm³/mol. The molecule has 2 N–H and O–H groups in total. The van der Waals surface area contributed by atoms with Gasteiger partial charge in [0.1, 0.15) is 5.75 Å². The number of phenolic OH excluding ortho intramolecular Hbond substituents is 1. The van der Waals surface area contributed by atoms with Crippen LogP contribution in [0.2, 0.25) is 0 Å². The van der Waals surface area contributed by atoms with Gasteiger partial charge in [0.05, 0.1) is 9.40 Å². The van der Waals surface area contributed by atoms with E-state index in [2.05, 4.69) is 21.2 Å². The number of nitro benzene ring substituents is 1. The molecule has 0 spiro atoms. The van der Waals surface area contributed by atoms with Gasteiger partial charge in [-0.2, -0.15) is 0 Å². The van der Waals surface area contributed by atoms with Crippen LogP contribution in [0.1, 0.15) is 16.7 Å². The molecule has 0 aliphatic carbocycles. The van der Waals surface area contributed by atoms with Crippen molar-refractivity contribution in [1.29, 1.82) is 0 Å². The zero-order chi connectivity index (χ0) is 15.4.